The van der Waals surface area contributed by atoms with Crippen molar-refractivity contribution < 1.29 is 0 Å². The smallest absolute Gasteiger partial charge is 0.0185 e. The van der Waals surface area contributed by atoms with E-state index in [0.717, 1.165) is 12.3 Å². The Morgan fingerprint density at radius 2 is 1.82 bits per heavy atom. The van der Waals surface area contributed by atoms with E-state index >= 15 is 0 Å². The Kier molecular flexibility index (Phi) is 6.68. The topological polar surface area (TPSA) is 12.0 Å². The number of aryl methyl sites for hydroxylation is 2. The molecule has 0 radical (unpaired) electrons. The molecular weight excluding hydrogens is 226 g/mol. The fraction of sp³-hybridized carbons (Fsp3) is 0.600. The van der Waals surface area contributed by atoms with Crippen LogP contribution in [0.2, 0.25) is 0 Å². The summed E-state index contributed by atoms with van der Waals surface area (Å²) in [5, 5.41) is 3.52. The second-order valence-electron chi connectivity index (χ2n) is 4.87. The van der Waals surface area contributed by atoms with E-state index in [9.17, 15) is 0 Å². The van der Waals surface area contributed by atoms with Gasteiger partial charge in [-0.25, -0.2) is 0 Å². The van der Waals surface area contributed by atoms with Crippen LogP contribution in [0.15, 0.2) is 18.2 Å². The molecule has 1 aromatic rings. The number of benzene rings is 1. The second-order valence-corrected chi connectivity index (χ2v) is 5.90. The molecule has 0 aliphatic heterocycles. The van der Waals surface area contributed by atoms with Gasteiger partial charge in [-0.15, -0.1) is 0 Å². The molecule has 0 aliphatic carbocycles. The summed E-state index contributed by atoms with van der Waals surface area (Å²) in [6, 6.07) is 7.44. The van der Waals surface area contributed by atoms with Crippen molar-refractivity contribution >= 4 is 11.8 Å². The average molecular weight is 251 g/mol. The molecule has 96 valence electrons. The minimum Gasteiger partial charge on any atom is -0.313 e. The van der Waals surface area contributed by atoms with Crippen molar-refractivity contribution in [2.45, 2.75) is 45.9 Å². The van der Waals surface area contributed by atoms with Crippen LogP contribution in [-0.4, -0.2) is 18.3 Å². The molecule has 0 spiro atoms. The van der Waals surface area contributed by atoms with Gasteiger partial charge in [0.1, 0.15) is 0 Å². The van der Waals surface area contributed by atoms with Gasteiger partial charge in [0, 0.05) is 17.5 Å². The van der Waals surface area contributed by atoms with Gasteiger partial charge < -0.3 is 5.32 Å². The molecule has 0 fully saturated rings. The highest BCUT2D eigenvalue weighted by atomic mass is 32.2. The molecule has 0 amide bonds. The Hall–Kier alpha value is -0.470. The first-order chi connectivity index (χ1) is 8.11. The molecule has 1 unspecified atom stereocenters. The Bertz CT molecular complexity index is 315. The van der Waals surface area contributed by atoms with Crippen LogP contribution in [0.1, 0.15) is 37.0 Å². The zero-order chi connectivity index (χ0) is 12.7. The van der Waals surface area contributed by atoms with Crippen LogP contribution >= 0.6 is 11.8 Å². The molecule has 0 aliphatic rings. The molecule has 0 bridgehead atoms. The van der Waals surface area contributed by atoms with Crippen LogP contribution in [0.5, 0.6) is 0 Å². The van der Waals surface area contributed by atoms with E-state index in [-0.39, 0.29) is 0 Å². The fourth-order valence-corrected chi connectivity index (χ4v) is 2.95. The molecule has 0 saturated heterocycles. The zero-order valence-corrected chi connectivity index (χ0v) is 12.4. The van der Waals surface area contributed by atoms with Gasteiger partial charge in [-0.3, -0.25) is 0 Å². The number of nitrogens with one attached hydrogen (secondary N) is 1. The minimum atomic E-state index is 0.617. The van der Waals surface area contributed by atoms with Gasteiger partial charge in [0.25, 0.3) is 0 Å². The lowest BCUT2D eigenvalue weighted by molar-refractivity contribution is 0.590. The zero-order valence-electron chi connectivity index (χ0n) is 11.5. The fourth-order valence-electron chi connectivity index (χ4n) is 1.96. The van der Waals surface area contributed by atoms with Crippen molar-refractivity contribution in [1.82, 2.24) is 5.32 Å². The maximum Gasteiger partial charge on any atom is 0.0185 e. The van der Waals surface area contributed by atoms with E-state index in [4.69, 9.17) is 0 Å². The Morgan fingerprint density at radius 1 is 1.18 bits per heavy atom. The standard InChI is InChI=1S/C15H25NS/c1-5-6-16-14(4)10-17-11-15-8-12(2)7-13(3)9-15/h7-9,14,16H,5-6,10-11H2,1-4H3. The van der Waals surface area contributed by atoms with E-state index in [0.29, 0.717) is 6.04 Å². The molecule has 0 aromatic heterocycles. The molecule has 1 aromatic carbocycles. The van der Waals surface area contributed by atoms with E-state index in [2.05, 4.69) is 51.2 Å². The quantitative estimate of drug-likeness (QED) is 0.788. The highest BCUT2D eigenvalue weighted by Gasteiger charge is 2.01. The van der Waals surface area contributed by atoms with Crippen molar-refractivity contribution in [3.8, 4) is 0 Å². The maximum atomic E-state index is 3.52. The minimum absolute atomic E-state index is 0.617. The molecule has 2 heteroatoms. The predicted molar refractivity (Wildman–Crippen MR) is 79.8 cm³/mol. The van der Waals surface area contributed by atoms with Gasteiger partial charge in [-0.05, 0) is 39.3 Å². The summed E-state index contributed by atoms with van der Waals surface area (Å²) in [6.45, 7) is 9.96. The lowest BCUT2D eigenvalue weighted by Crippen LogP contribution is -2.28. The maximum absolute atomic E-state index is 3.52. The van der Waals surface area contributed by atoms with Crippen molar-refractivity contribution in [3.05, 3.63) is 34.9 Å². The lowest BCUT2D eigenvalue weighted by Gasteiger charge is -2.12. The van der Waals surface area contributed by atoms with E-state index in [1.165, 1.54) is 28.9 Å². The summed E-state index contributed by atoms with van der Waals surface area (Å²) in [5.74, 6) is 2.31. The number of thioether (sulfide) groups is 1. The SMILES string of the molecule is CCCNC(C)CSCc1cc(C)cc(C)c1. The largest absolute Gasteiger partial charge is 0.313 e. The van der Waals surface area contributed by atoms with Gasteiger partial charge in [0.2, 0.25) is 0 Å². The van der Waals surface area contributed by atoms with E-state index in [1.807, 2.05) is 11.8 Å². The third kappa shape index (κ3) is 6.13. The van der Waals surface area contributed by atoms with E-state index in [1.54, 1.807) is 0 Å². The molecule has 1 N–H and O–H groups in total. The normalized spacial score (nSPS) is 12.7. The van der Waals surface area contributed by atoms with Crippen LogP contribution in [-0.2, 0) is 5.75 Å². The predicted octanol–water partition coefficient (Wildman–Crippen LogP) is 3.92. The van der Waals surface area contributed by atoms with Gasteiger partial charge in [-0.2, -0.15) is 11.8 Å². The molecule has 1 rings (SSSR count). The van der Waals surface area contributed by atoms with Crippen LogP contribution in [0.25, 0.3) is 0 Å². The first-order valence-electron chi connectivity index (χ1n) is 6.50. The molecule has 0 saturated carbocycles. The van der Waals surface area contributed by atoms with Crippen LogP contribution in [0, 0.1) is 13.8 Å². The number of hydrogen-bond acceptors (Lipinski definition) is 2. The molecular formula is C15H25NS. The molecule has 17 heavy (non-hydrogen) atoms. The molecule has 0 heterocycles. The van der Waals surface area contributed by atoms with Crippen LogP contribution in [0.4, 0.5) is 0 Å². The van der Waals surface area contributed by atoms with Crippen molar-refractivity contribution in [3.63, 3.8) is 0 Å². The highest BCUT2D eigenvalue weighted by Crippen LogP contribution is 2.16. The second kappa shape index (κ2) is 7.78. The van der Waals surface area contributed by atoms with Crippen molar-refractivity contribution in [2.75, 3.05) is 12.3 Å². The van der Waals surface area contributed by atoms with Crippen molar-refractivity contribution in [2.24, 2.45) is 0 Å². The third-order valence-electron chi connectivity index (χ3n) is 2.66. The Labute approximate surface area is 110 Å². The van der Waals surface area contributed by atoms with Gasteiger partial charge in [0.05, 0.1) is 0 Å². The third-order valence-corrected chi connectivity index (χ3v) is 3.93. The number of rotatable bonds is 7. The van der Waals surface area contributed by atoms with Gasteiger partial charge in [0.15, 0.2) is 0 Å². The summed E-state index contributed by atoms with van der Waals surface area (Å²) in [7, 11) is 0. The van der Waals surface area contributed by atoms with Gasteiger partial charge >= 0.3 is 0 Å². The summed E-state index contributed by atoms with van der Waals surface area (Å²) in [6.07, 6.45) is 1.21. The summed E-state index contributed by atoms with van der Waals surface area (Å²) in [5.41, 5.74) is 4.20. The van der Waals surface area contributed by atoms with E-state index < -0.39 is 0 Å². The number of hydrogen-bond donors (Lipinski definition) is 1. The summed E-state index contributed by atoms with van der Waals surface area (Å²) in [4.78, 5) is 0. The summed E-state index contributed by atoms with van der Waals surface area (Å²) < 4.78 is 0. The van der Waals surface area contributed by atoms with Crippen molar-refractivity contribution in [1.29, 1.82) is 0 Å². The first-order valence-corrected chi connectivity index (χ1v) is 7.65. The highest BCUT2D eigenvalue weighted by molar-refractivity contribution is 7.98. The molecule has 1 atom stereocenters. The average Bonchev–Trinajstić information content (AvgIpc) is 2.25. The monoisotopic (exact) mass is 251 g/mol. The van der Waals surface area contributed by atoms with Gasteiger partial charge in [-0.1, -0.05) is 36.2 Å². The van der Waals surface area contributed by atoms with Crippen LogP contribution in [0.3, 0.4) is 0 Å². The Balaban J connectivity index is 2.30. The summed E-state index contributed by atoms with van der Waals surface area (Å²) >= 11 is 2.02. The Morgan fingerprint density at radius 3 is 2.41 bits per heavy atom. The molecule has 1 nitrogen and oxygen atoms in total. The van der Waals surface area contributed by atoms with Crippen LogP contribution < -0.4 is 5.32 Å². The first kappa shape index (κ1) is 14.6. The lowest BCUT2D eigenvalue weighted by atomic mass is 10.1.